The van der Waals surface area contributed by atoms with Gasteiger partial charge in [0, 0.05) is 11.6 Å². The number of alkyl halides is 1. The normalized spacial score (nSPS) is 31.0. The summed E-state index contributed by atoms with van der Waals surface area (Å²) >= 11 is 5.33. The number of nitrogens with one attached hydrogen (secondary N) is 1. The van der Waals surface area contributed by atoms with Gasteiger partial charge >= 0.3 is 0 Å². The molecule has 0 aromatic carbocycles. The Morgan fingerprint density at radius 1 is 1.67 bits per heavy atom. The number of rotatable bonds is 2. The summed E-state index contributed by atoms with van der Waals surface area (Å²) in [7, 11) is 0. The summed E-state index contributed by atoms with van der Waals surface area (Å²) < 4.78 is 22.0. The molecule has 1 aliphatic rings. The molecule has 5 N–H and O–H groups in total. The second-order valence-corrected chi connectivity index (χ2v) is 5.73. The molecule has 1 aliphatic heterocycles. The number of anilines is 1. The average Bonchev–Trinajstić information content (AvgIpc) is 3.00. The van der Waals surface area contributed by atoms with Crippen molar-refractivity contribution in [3.05, 3.63) is 22.6 Å². The van der Waals surface area contributed by atoms with Crippen molar-refractivity contribution in [2.24, 2.45) is 0 Å². The molecule has 3 rings (SSSR count). The third kappa shape index (κ3) is 2.35. The highest BCUT2D eigenvalue weighted by molar-refractivity contribution is 6.30. The molecule has 0 bridgehead atoms. The number of H-pyrrole nitrogens is 1. The van der Waals surface area contributed by atoms with E-state index in [9.17, 15) is 15.0 Å². The van der Waals surface area contributed by atoms with Crippen LogP contribution >= 0.6 is 11.6 Å². The topological polar surface area (TPSA) is 126 Å². The second kappa shape index (κ2) is 5.75. The first-order chi connectivity index (χ1) is 11.3. The van der Waals surface area contributed by atoms with E-state index < -0.39 is 35.8 Å². The SMILES string of the molecule is C[C@H](O)[C@H]1O[C@@H](n2ccc3c(=O)[nH]c(N)nc32)[C@@](F)(C#CCl)C1O. The lowest BCUT2D eigenvalue weighted by atomic mass is 9.95. The molecule has 0 radical (unpaired) electrons. The van der Waals surface area contributed by atoms with Crippen molar-refractivity contribution in [1.29, 1.82) is 0 Å². The molecule has 5 atom stereocenters. The van der Waals surface area contributed by atoms with E-state index in [0.717, 1.165) is 0 Å². The lowest BCUT2D eigenvalue weighted by Gasteiger charge is -2.24. The van der Waals surface area contributed by atoms with Gasteiger partial charge in [0.15, 0.2) is 11.9 Å². The summed E-state index contributed by atoms with van der Waals surface area (Å²) in [5, 5.41) is 22.0. The summed E-state index contributed by atoms with van der Waals surface area (Å²) in [6, 6.07) is 1.40. The lowest BCUT2D eigenvalue weighted by molar-refractivity contribution is -0.0775. The fourth-order valence-electron chi connectivity index (χ4n) is 2.81. The van der Waals surface area contributed by atoms with Crippen LogP contribution in [0.15, 0.2) is 17.1 Å². The van der Waals surface area contributed by atoms with Crippen LogP contribution in [0.4, 0.5) is 10.3 Å². The number of halogens is 2. The Labute approximate surface area is 140 Å². The zero-order valence-corrected chi connectivity index (χ0v) is 13.2. The smallest absolute Gasteiger partial charge is 0.261 e. The predicted octanol–water partition coefficient (Wildman–Crippen LogP) is -0.146. The summed E-state index contributed by atoms with van der Waals surface area (Å²) in [4.78, 5) is 18.2. The third-order valence-corrected chi connectivity index (χ3v) is 4.05. The fraction of sp³-hybridized carbons (Fsp3) is 0.429. The minimum atomic E-state index is -2.62. The molecule has 8 nitrogen and oxygen atoms in total. The monoisotopic (exact) mass is 356 g/mol. The van der Waals surface area contributed by atoms with E-state index in [0.29, 0.717) is 0 Å². The zero-order chi connectivity index (χ0) is 17.6. The Morgan fingerprint density at radius 3 is 3.00 bits per heavy atom. The van der Waals surface area contributed by atoms with Gasteiger partial charge in [0.2, 0.25) is 11.6 Å². The van der Waals surface area contributed by atoms with Gasteiger partial charge in [-0.15, -0.1) is 0 Å². The Morgan fingerprint density at radius 2 is 2.38 bits per heavy atom. The first-order valence-electron chi connectivity index (χ1n) is 6.99. The highest BCUT2D eigenvalue weighted by atomic mass is 35.5. The quantitative estimate of drug-likeness (QED) is 0.554. The summed E-state index contributed by atoms with van der Waals surface area (Å²) in [5.41, 5.74) is 2.46. The van der Waals surface area contributed by atoms with Gasteiger partial charge in [-0.1, -0.05) is 0 Å². The van der Waals surface area contributed by atoms with E-state index in [1.54, 1.807) is 0 Å². The molecule has 2 aromatic heterocycles. The molecule has 1 unspecified atom stereocenters. The standard InChI is InChI=1S/C14H14ClFN4O4/c1-6(21)8-9(22)14(16,3-4-15)12(24-8)20-5-2-7-10(20)18-13(17)19-11(7)23/h2,5-6,8-9,12,21-22H,1H3,(H3,17,18,19,23)/t6-,8+,9?,12+,14+/m0/s1. The number of aromatic nitrogens is 3. The van der Waals surface area contributed by atoms with Crippen LogP contribution in [0.25, 0.3) is 11.0 Å². The molecular formula is C14H14ClFN4O4. The molecule has 0 spiro atoms. The van der Waals surface area contributed by atoms with Crippen LogP contribution in [-0.2, 0) is 4.74 Å². The summed E-state index contributed by atoms with van der Waals surface area (Å²) in [6.45, 7) is 1.35. The van der Waals surface area contributed by atoms with Gasteiger partial charge < -0.3 is 25.3 Å². The molecule has 0 aliphatic carbocycles. The Hall–Kier alpha value is -2.12. The van der Waals surface area contributed by atoms with Gasteiger partial charge in [-0.05, 0) is 30.5 Å². The highest BCUT2D eigenvalue weighted by Crippen LogP contribution is 2.43. The maximum Gasteiger partial charge on any atom is 0.261 e. The van der Waals surface area contributed by atoms with E-state index in [2.05, 4.69) is 15.9 Å². The van der Waals surface area contributed by atoms with E-state index in [4.69, 9.17) is 22.1 Å². The van der Waals surface area contributed by atoms with E-state index in [-0.39, 0.29) is 17.0 Å². The van der Waals surface area contributed by atoms with Crippen molar-refractivity contribution in [2.45, 2.75) is 37.1 Å². The first kappa shape index (κ1) is 16.7. The average molecular weight is 357 g/mol. The van der Waals surface area contributed by atoms with Crippen LogP contribution in [0.1, 0.15) is 13.2 Å². The highest BCUT2D eigenvalue weighted by Gasteiger charge is 2.59. The van der Waals surface area contributed by atoms with Crippen molar-refractivity contribution >= 4 is 28.6 Å². The fourth-order valence-corrected chi connectivity index (χ4v) is 2.96. The number of hydrogen-bond acceptors (Lipinski definition) is 6. The maximum atomic E-state index is 15.4. The van der Waals surface area contributed by atoms with Crippen LogP contribution in [0.5, 0.6) is 0 Å². The number of aliphatic hydroxyl groups is 2. The predicted molar refractivity (Wildman–Crippen MR) is 83.8 cm³/mol. The van der Waals surface area contributed by atoms with E-state index in [1.165, 1.54) is 23.8 Å². The molecular weight excluding hydrogens is 343 g/mol. The molecule has 3 heterocycles. The second-order valence-electron chi connectivity index (χ2n) is 5.54. The molecule has 1 fully saturated rings. The number of nitrogen functional groups attached to an aromatic ring is 1. The number of hydrogen-bond donors (Lipinski definition) is 4. The van der Waals surface area contributed by atoms with Crippen LogP contribution in [0.3, 0.4) is 0 Å². The largest absolute Gasteiger partial charge is 0.391 e. The number of ether oxygens (including phenoxy) is 1. The third-order valence-electron chi connectivity index (χ3n) is 3.95. The van der Waals surface area contributed by atoms with Crippen LogP contribution < -0.4 is 11.3 Å². The number of nitrogens with two attached hydrogens (primary N) is 1. The van der Waals surface area contributed by atoms with Crippen molar-refractivity contribution in [3.63, 3.8) is 0 Å². The summed E-state index contributed by atoms with van der Waals surface area (Å²) in [5.74, 6) is 1.92. The maximum absolute atomic E-state index is 15.4. The molecule has 24 heavy (non-hydrogen) atoms. The molecule has 128 valence electrons. The van der Waals surface area contributed by atoms with Gasteiger partial charge in [-0.3, -0.25) is 9.78 Å². The minimum Gasteiger partial charge on any atom is -0.391 e. The van der Waals surface area contributed by atoms with Gasteiger partial charge in [-0.2, -0.15) is 4.98 Å². The molecule has 10 heteroatoms. The van der Waals surface area contributed by atoms with Crippen LogP contribution in [0, 0.1) is 11.3 Å². The van der Waals surface area contributed by atoms with E-state index >= 15 is 4.39 Å². The Balaban J connectivity index is 2.20. The lowest BCUT2D eigenvalue weighted by Crippen LogP contribution is -2.44. The minimum absolute atomic E-state index is 0.0538. The van der Waals surface area contributed by atoms with Crippen molar-refractivity contribution < 1.29 is 19.3 Å². The number of nitrogens with zero attached hydrogens (tertiary/aromatic N) is 2. The van der Waals surface area contributed by atoms with Gasteiger partial charge in [-0.25, -0.2) is 4.39 Å². The first-order valence-corrected chi connectivity index (χ1v) is 7.37. The van der Waals surface area contributed by atoms with Crippen molar-refractivity contribution in [3.8, 4) is 11.3 Å². The zero-order valence-electron chi connectivity index (χ0n) is 12.4. The van der Waals surface area contributed by atoms with Crippen molar-refractivity contribution in [2.75, 3.05) is 5.73 Å². The molecule has 0 saturated carbocycles. The van der Waals surface area contributed by atoms with Gasteiger partial charge in [0.05, 0.1) is 11.5 Å². The number of fused-ring (bicyclic) bond motifs is 1. The number of aromatic amines is 1. The van der Waals surface area contributed by atoms with Crippen LogP contribution in [0.2, 0.25) is 0 Å². The Kier molecular flexibility index (Phi) is 4.01. The molecule has 0 amide bonds. The van der Waals surface area contributed by atoms with Crippen LogP contribution in [-0.4, -0.2) is 48.7 Å². The van der Waals surface area contributed by atoms with Gasteiger partial charge in [0.1, 0.15) is 12.2 Å². The molecule has 1 saturated heterocycles. The summed E-state index contributed by atoms with van der Waals surface area (Å²) in [6.07, 6.45) is -4.29. The van der Waals surface area contributed by atoms with Gasteiger partial charge in [0.25, 0.3) is 5.56 Å². The number of aliphatic hydroxyl groups excluding tert-OH is 2. The van der Waals surface area contributed by atoms with E-state index in [1.807, 2.05) is 5.38 Å². The van der Waals surface area contributed by atoms with Crippen molar-refractivity contribution in [1.82, 2.24) is 14.5 Å². The molecule has 2 aromatic rings. The Bertz CT molecular complexity index is 902.